The van der Waals surface area contributed by atoms with Crippen LogP contribution in [0.3, 0.4) is 0 Å². The smallest absolute Gasteiger partial charge is 0.338 e. The van der Waals surface area contributed by atoms with Crippen LogP contribution in [0, 0.1) is 10.1 Å². The maximum Gasteiger partial charge on any atom is 0.338 e. The van der Waals surface area contributed by atoms with Gasteiger partial charge in [-0.3, -0.25) is 24.3 Å². The van der Waals surface area contributed by atoms with Crippen LogP contribution in [0.5, 0.6) is 5.75 Å². The Bertz CT molecular complexity index is 1950. The monoisotopic (exact) mass is 585 g/mol. The molecule has 0 unspecified atom stereocenters. The number of carbonyl (C=O) groups excluding carboxylic acids is 2. The molecule has 0 spiro atoms. The lowest BCUT2D eigenvalue weighted by Crippen LogP contribution is -2.39. The van der Waals surface area contributed by atoms with Crippen LogP contribution in [0.4, 0.5) is 5.69 Å². The highest BCUT2D eigenvalue weighted by atomic mass is 32.1. The summed E-state index contributed by atoms with van der Waals surface area (Å²) in [6.45, 7) is 6.51. The summed E-state index contributed by atoms with van der Waals surface area (Å²) < 4.78 is 18.1. The molecule has 42 heavy (non-hydrogen) atoms. The van der Waals surface area contributed by atoms with Crippen molar-refractivity contribution in [2.24, 2.45) is 4.99 Å². The summed E-state index contributed by atoms with van der Waals surface area (Å²) in [5.74, 6) is -0.0664. The maximum absolute atomic E-state index is 13.8. The van der Waals surface area contributed by atoms with Crippen LogP contribution in [-0.2, 0) is 14.3 Å². The number of furan rings is 1. The molecule has 3 heterocycles. The minimum atomic E-state index is -0.871. The topological polar surface area (TPSA) is 143 Å². The molecule has 1 aliphatic heterocycles. The molecule has 11 nitrogen and oxygen atoms in total. The highest BCUT2D eigenvalue weighted by Crippen LogP contribution is 2.32. The number of non-ortho nitro benzene ring substituents is 1. The molecule has 0 radical (unpaired) electrons. The number of nitro groups is 1. The lowest BCUT2D eigenvalue weighted by molar-refractivity contribution is -0.384. The Morgan fingerprint density at radius 1 is 1.19 bits per heavy atom. The number of aromatic nitrogens is 1. The lowest BCUT2D eigenvalue weighted by Gasteiger charge is -2.24. The van der Waals surface area contributed by atoms with E-state index in [9.17, 15) is 24.5 Å². The lowest BCUT2D eigenvalue weighted by atomic mass is 9.96. The van der Waals surface area contributed by atoms with E-state index in [4.69, 9.17) is 13.9 Å². The fourth-order valence-corrected chi connectivity index (χ4v) is 5.51. The molecule has 0 N–H and O–H groups in total. The van der Waals surface area contributed by atoms with Crippen molar-refractivity contribution in [3.8, 4) is 17.1 Å². The molecule has 0 bridgehead atoms. The van der Waals surface area contributed by atoms with E-state index in [1.165, 1.54) is 29.7 Å². The van der Waals surface area contributed by atoms with E-state index in [0.29, 0.717) is 43.4 Å². The Morgan fingerprint density at radius 2 is 1.95 bits per heavy atom. The Balaban J connectivity index is 1.59. The number of nitro benzene ring substituents is 1. The van der Waals surface area contributed by atoms with Crippen molar-refractivity contribution in [2.45, 2.75) is 19.9 Å². The van der Waals surface area contributed by atoms with Crippen LogP contribution >= 0.6 is 11.3 Å². The van der Waals surface area contributed by atoms with E-state index in [-0.39, 0.29) is 17.9 Å². The number of fused-ring (bicyclic) bond motifs is 1. The Kier molecular flexibility index (Phi) is 7.80. The number of benzene rings is 2. The van der Waals surface area contributed by atoms with Gasteiger partial charge in [0.15, 0.2) is 4.80 Å². The summed E-state index contributed by atoms with van der Waals surface area (Å²) in [6.07, 6.45) is 3.00. The molecule has 0 amide bonds. The molecule has 12 heteroatoms. The van der Waals surface area contributed by atoms with Gasteiger partial charge in [0.1, 0.15) is 23.9 Å². The van der Waals surface area contributed by atoms with Gasteiger partial charge in [0, 0.05) is 30.7 Å². The molecule has 0 fully saturated rings. The molecule has 0 aliphatic carbocycles. The summed E-state index contributed by atoms with van der Waals surface area (Å²) >= 11 is 1.12. The summed E-state index contributed by atoms with van der Waals surface area (Å²) in [6, 6.07) is 15.0. The number of hydrogen-bond acceptors (Lipinski definition) is 10. The van der Waals surface area contributed by atoms with Crippen LogP contribution in [0.1, 0.15) is 31.2 Å². The zero-order valence-corrected chi connectivity index (χ0v) is 23.3. The van der Waals surface area contributed by atoms with Gasteiger partial charge in [-0.1, -0.05) is 48.3 Å². The Hall–Kier alpha value is -5.36. The van der Waals surface area contributed by atoms with Crippen LogP contribution in [0.2, 0.25) is 0 Å². The second-order valence-electron chi connectivity index (χ2n) is 9.14. The zero-order chi connectivity index (χ0) is 30.0. The molecule has 2 aromatic carbocycles. The van der Waals surface area contributed by atoms with E-state index >= 15 is 0 Å². The minimum Gasteiger partial charge on any atom is -0.458 e. The molecule has 0 saturated carbocycles. The first-order valence-corrected chi connectivity index (χ1v) is 13.4. The minimum absolute atomic E-state index is 0.0243. The van der Waals surface area contributed by atoms with Crippen molar-refractivity contribution in [1.82, 2.24) is 4.57 Å². The molecular formula is C30H23N3O8S. The van der Waals surface area contributed by atoms with Crippen molar-refractivity contribution >= 4 is 35.0 Å². The fourth-order valence-electron chi connectivity index (χ4n) is 4.48. The van der Waals surface area contributed by atoms with Gasteiger partial charge in [0.25, 0.3) is 11.2 Å². The van der Waals surface area contributed by atoms with E-state index in [1.54, 1.807) is 61.5 Å². The second kappa shape index (κ2) is 11.6. The highest BCUT2D eigenvalue weighted by molar-refractivity contribution is 7.07. The molecule has 0 saturated heterocycles. The van der Waals surface area contributed by atoms with Crippen LogP contribution < -0.4 is 19.6 Å². The molecule has 4 aromatic rings. The molecular weight excluding hydrogens is 562 g/mol. The maximum atomic E-state index is 13.8. The average molecular weight is 586 g/mol. The number of carbonyl (C=O) groups is 2. The first-order valence-electron chi connectivity index (χ1n) is 12.6. The SMILES string of the molecule is C=CCOC(=O)C1=C(C)N=c2s/c(=C\c3ccc(-c4cccc([N+](=O)[O-])c4)o3)c(=O)n2[C@@H]1c1ccc(OC(C)=O)cc1. The standard InChI is InChI=1S/C30H23N3O8S/c1-4-14-39-29(36)26-17(2)31-30-32(27(26)19-8-10-22(11-9-19)40-18(3)34)28(35)25(42-30)16-23-12-13-24(41-23)20-6-5-7-21(15-20)33(37)38/h4-13,15-16,27H,1,14H2,2-3H3/b25-16-/t27-/m1/s1. The molecule has 2 aromatic heterocycles. The number of hydrogen-bond donors (Lipinski definition) is 0. The zero-order valence-electron chi connectivity index (χ0n) is 22.4. The van der Waals surface area contributed by atoms with Gasteiger partial charge in [-0.2, -0.15) is 0 Å². The third kappa shape index (κ3) is 5.60. The largest absolute Gasteiger partial charge is 0.458 e. The van der Waals surface area contributed by atoms with Crippen molar-refractivity contribution < 1.29 is 28.4 Å². The third-order valence-corrected chi connectivity index (χ3v) is 7.26. The Morgan fingerprint density at radius 3 is 2.64 bits per heavy atom. The number of ether oxygens (including phenoxy) is 2. The van der Waals surface area contributed by atoms with Crippen molar-refractivity contribution in [1.29, 1.82) is 0 Å². The molecule has 212 valence electrons. The van der Waals surface area contributed by atoms with Gasteiger partial charge in [-0.25, -0.2) is 9.79 Å². The summed E-state index contributed by atoms with van der Waals surface area (Å²) in [7, 11) is 0. The van der Waals surface area contributed by atoms with Gasteiger partial charge in [0.2, 0.25) is 0 Å². The van der Waals surface area contributed by atoms with Crippen LogP contribution in [0.15, 0.2) is 98.8 Å². The normalized spacial score (nSPS) is 14.6. The predicted molar refractivity (Wildman–Crippen MR) is 153 cm³/mol. The quantitative estimate of drug-likeness (QED) is 0.0991. The van der Waals surface area contributed by atoms with E-state index in [0.717, 1.165) is 11.3 Å². The van der Waals surface area contributed by atoms with Gasteiger partial charge in [-0.05, 0) is 36.8 Å². The first-order chi connectivity index (χ1) is 20.2. The number of thiazole rings is 1. The summed E-state index contributed by atoms with van der Waals surface area (Å²) in [4.78, 5) is 53.9. The summed E-state index contributed by atoms with van der Waals surface area (Å²) in [5, 5.41) is 11.2. The second-order valence-corrected chi connectivity index (χ2v) is 10.2. The van der Waals surface area contributed by atoms with Crippen molar-refractivity contribution in [3.05, 3.63) is 126 Å². The molecule has 5 rings (SSSR count). The van der Waals surface area contributed by atoms with Crippen LogP contribution in [-0.4, -0.2) is 28.0 Å². The van der Waals surface area contributed by atoms with Crippen LogP contribution in [0.25, 0.3) is 17.4 Å². The van der Waals surface area contributed by atoms with E-state index in [1.807, 2.05) is 0 Å². The number of esters is 2. The molecule has 1 atom stereocenters. The predicted octanol–water partition coefficient (Wildman–Crippen LogP) is 4.06. The van der Waals surface area contributed by atoms with Crippen molar-refractivity contribution in [2.75, 3.05) is 6.61 Å². The van der Waals surface area contributed by atoms with Gasteiger partial charge < -0.3 is 13.9 Å². The Labute approximate surface area is 242 Å². The average Bonchev–Trinajstić information content (AvgIpc) is 3.55. The fraction of sp³-hybridized carbons (Fsp3) is 0.133. The number of allylic oxidation sites excluding steroid dienone is 1. The van der Waals surface area contributed by atoms with E-state index in [2.05, 4.69) is 11.6 Å². The first kappa shape index (κ1) is 28.2. The molecule has 1 aliphatic rings. The van der Waals surface area contributed by atoms with Crippen molar-refractivity contribution in [3.63, 3.8) is 0 Å². The van der Waals surface area contributed by atoms with Gasteiger partial charge in [-0.15, -0.1) is 0 Å². The van der Waals surface area contributed by atoms with Gasteiger partial charge in [0.05, 0.1) is 26.8 Å². The highest BCUT2D eigenvalue weighted by Gasteiger charge is 2.33. The third-order valence-electron chi connectivity index (χ3n) is 6.27. The van der Waals surface area contributed by atoms with E-state index < -0.39 is 28.5 Å². The van der Waals surface area contributed by atoms with Gasteiger partial charge >= 0.3 is 11.9 Å². The summed E-state index contributed by atoms with van der Waals surface area (Å²) in [5.41, 5.74) is 1.17. The number of nitrogens with zero attached hydrogens (tertiary/aromatic N) is 3. The number of rotatable bonds is 8.